The molecule has 0 radical (unpaired) electrons. The summed E-state index contributed by atoms with van der Waals surface area (Å²) >= 11 is 0. The fraction of sp³-hybridized carbons (Fsp3) is 0.458. The molecule has 3 aromatic carbocycles. The molecule has 15 nitrogen and oxygen atoms in total. The number of aliphatic imine (C=N–C) groups is 1. The van der Waals surface area contributed by atoms with Gasteiger partial charge < -0.3 is 44.4 Å². The number of fused-ring (bicyclic) bond motifs is 5. The van der Waals surface area contributed by atoms with E-state index in [1.54, 1.807) is 11.8 Å². The van der Waals surface area contributed by atoms with E-state index >= 15 is 0 Å². The molecular formula is C48H55N7O8. The minimum atomic E-state index is -0.903. The second kappa shape index (κ2) is 16.8. The maximum atomic E-state index is 13.8. The first-order chi connectivity index (χ1) is 30.4. The normalized spacial score (nSPS) is 20.5. The molecule has 5 heterocycles. The van der Waals surface area contributed by atoms with Crippen LogP contribution in [0.4, 0.5) is 15.3 Å². The van der Waals surface area contributed by atoms with Crippen LogP contribution < -0.4 is 15.4 Å². The van der Waals surface area contributed by atoms with E-state index in [0.29, 0.717) is 25.3 Å². The number of carbonyl (C=O) groups is 4. The van der Waals surface area contributed by atoms with Crippen molar-refractivity contribution >= 4 is 35.4 Å². The number of nitrogens with zero attached hydrogens (tertiary/aromatic N) is 4. The number of imidazole rings is 1. The van der Waals surface area contributed by atoms with Crippen LogP contribution in [0.1, 0.15) is 87.9 Å². The first-order valence-electron chi connectivity index (χ1n) is 22.0. The zero-order chi connectivity index (χ0) is 44.2. The number of amides is 4. The van der Waals surface area contributed by atoms with Gasteiger partial charge in [-0.05, 0) is 104 Å². The van der Waals surface area contributed by atoms with Crippen molar-refractivity contribution in [2.24, 2.45) is 10.9 Å². The number of rotatable bonds is 11. The molecule has 4 aromatic rings. The van der Waals surface area contributed by atoms with Gasteiger partial charge in [0.25, 0.3) is 0 Å². The van der Waals surface area contributed by atoms with Crippen LogP contribution in [0, 0.1) is 5.92 Å². The molecule has 5 atom stereocenters. The van der Waals surface area contributed by atoms with Crippen molar-refractivity contribution < 1.29 is 38.1 Å². The first-order valence-corrected chi connectivity index (χ1v) is 22.0. The molecule has 330 valence electrons. The van der Waals surface area contributed by atoms with Crippen LogP contribution in [0.3, 0.4) is 0 Å². The summed E-state index contributed by atoms with van der Waals surface area (Å²) in [6, 6.07) is 17.2. The molecule has 9 rings (SSSR count). The molecule has 1 aliphatic carbocycles. The van der Waals surface area contributed by atoms with E-state index in [1.165, 1.54) is 26.9 Å². The molecule has 0 bridgehead atoms. The molecule has 63 heavy (non-hydrogen) atoms. The van der Waals surface area contributed by atoms with Gasteiger partial charge in [-0.25, -0.2) is 14.6 Å². The van der Waals surface area contributed by atoms with Crippen LogP contribution in [0.25, 0.3) is 22.4 Å². The lowest BCUT2D eigenvalue weighted by atomic mass is 9.83. The maximum Gasteiger partial charge on any atom is 0.407 e. The highest BCUT2D eigenvalue weighted by Gasteiger charge is 2.52. The Kier molecular flexibility index (Phi) is 11.2. The van der Waals surface area contributed by atoms with Crippen LogP contribution in [-0.4, -0.2) is 108 Å². The molecule has 1 spiro atoms. The number of methoxy groups -OCH3 is 3. The molecule has 2 saturated heterocycles. The lowest BCUT2D eigenvalue weighted by molar-refractivity contribution is -0.137. The summed E-state index contributed by atoms with van der Waals surface area (Å²) in [6.45, 7) is 6.75. The van der Waals surface area contributed by atoms with Crippen LogP contribution in [0.15, 0.2) is 65.8 Å². The van der Waals surface area contributed by atoms with Gasteiger partial charge in [0.2, 0.25) is 11.8 Å². The number of nitrogens with one attached hydrogen (secondary N) is 3. The quantitative estimate of drug-likeness (QED) is 0.139. The minimum absolute atomic E-state index is 0.0969. The molecule has 1 saturated carbocycles. The zero-order valence-electron chi connectivity index (χ0n) is 36.7. The SMILES string of the molecule is COC(=O)N[C@H](C(=O)N1CCC[C@H]1C1=Nc2ccc(-c3ccc4c(c3)Oc3ccc(-c5cnc([C@@H]6CCCN6C(=O)[C@@H](NC(=O)OC)[C@@H](C)OC)[nH]5)cc3C43CC3)cc2C1)C(C)C. The van der Waals surface area contributed by atoms with Gasteiger partial charge in [0, 0.05) is 54.4 Å². The number of hydrogen-bond acceptors (Lipinski definition) is 10. The monoisotopic (exact) mass is 857 g/mol. The highest BCUT2D eigenvalue weighted by molar-refractivity contribution is 6.01. The Morgan fingerprint density at radius 2 is 1.43 bits per heavy atom. The Labute approximate surface area is 366 Å². The smallest absolute Gasteiger partial charge is 0.407 e. The Morgan fingerprint density at radius 1 is 0.778 bits per heavy atom. The summed E-state index contributed by atoms with van der Waals surface area (Å²) in [5, 5.41) is 5.38. The van der Waals surface area contributed by atoms with E-state index in [9.17, 15) is 19.2 Å². The Bertz CT molecular complexity index is 2490. The largest absolute Gasteiger partial charge is 0.457 e. The van der Waals surface area contributed by atoms with E-state index in [1.807, 2.05) is 37.1 Å². The van der Waals surface area contributed by atoms with E-state index in [0.717, 1.165) is 94.9 Å². The van der Waals surface area contributed by atoms with Gasteiger partial charge in [-0.3, -0.25) is 14.6 Å². The van der Waals surface area contributed by atoms with Crippen molar-refractivity contribution in [1.29, 1.82) is 0 Å². The van der Waals surface area contributed by atoms with Crippen LogP contribution in [-0.2, 0) is 35.6 Å². The van der Waals surface area contributed by atoms with E-state index in [4.69, 9.17) is 28.9 Å². The molecule has 3 N–H and O–H groups in total. The van der Waals surface area contributed by atoms with Gasteiger partial charge in [-0.1, -0.05) is 32.0 Å². The number of alkyl carbamates (subject to hydrolysis) is 2. The third kappa shape index (κ3) is 7.70. The van der Waals surface area contributed by atoms with Gasteiger partial charge in [0.05, 0.1) is 50.0 Å². The summed E-state index contributed by atoms with van der Waals surface area (Å²) in [7, 11) is 4.08. The lowest BCUT2D eigenvalue weighted by Gasteiger charge is -2.30. The van der Waals surface area contributed by atoms with Crippen molar-refractivity contribution in [2.45, 2.75) is 101 Å². The van der Waals surface area contributed by atoms with Crippen molar-refractivity contribution in [2.75, 3.05) is 34.4 Å². The number of carbonyl (C=O) groups excluding carboxylic acids is 4. The Morgan fingerprint density at radius 3 is 2.13 bits per heavy atom. The van der Waals surface area contributed by atoms with Gasteiger partial charge in [-0.2, -0.15) is 0 Å². The Balaban J connectivity index is 0.901. The summed E-state index contributed by atoms with van der Waals surface area (Å²) < 4.78 is 21.7. The minimum Gasteiger partial charge on any atom is -0.457 e. The zero-order valence-corrected chi connectivity index (χ0v) is 36.7. The first kappa shape index (κ1) is 42.1. The van der Waals surface area contributed by atoms with Gasteiger partial charge in [0.1, 0.15) is 29.4 Å². The van der Waals surface area contributed by atoms with Crippen molar-refractivity contribution in [3.05, 3.63) is 83.3 Å². The third-order valence-corrected chi connectivity index (χ3v) is 13.6. The fourth-order valence-electron chi connectivity index (χ4n) is 9.97. The lowest BCUT2D eigenvalue weighted by Crippen LogP contribution is -2.54. The average Bonchev–Trinajstić information content (AvgIpc) is 3.82. The predicted octanol–water partition coefficient (Wildman–Crippen LogP) is 7.35. The van der Waals surface area contributed by atoms with Crippen molar-refractivity contribution in [3.8, 4) is 33.9 Å². The summed E-state index contributed by atoms with van der Waals surface area (Å²) in [5.41, 5.74) is 9.19. The van der Waals surface area contributed by atoms with E-state index in [2.05, 4.69) is 58.1 Å². The number of aromatic nitrogens is 2. The Hall–Kier alpha value is -6.22. The highest BCUT2D eigenvalue weighted by Crippen LogP contribution is 2.62. The number of ether oxygens (including phenoxy) is 4. The van der Waals surface area contributed by atoms with Crippen molar-refractivity contribution in [3.63, 3.8) is 0 Å². The number of hydrogen-bond donors (Lipinski definition) is 3. The highest BCUT2D eigenvalue weighted by atomic mass is 16.5. The number of aromatic amines is 1. The summed E-state index contributed by atoms with van der Waals surface area (Å²) in [4.78, 5) is 68.7. The molecule has 3 fully saturated rings. The van der Waals surface area contributed by atoms with Crippen LogP contribution in [0.5, 0.6) is 11.5 Å². The van der Waals surface area contributed by atoms with Gasteiger partial charge >= 0.3 is 12.2 Å². The molecular weight excluding hydrogens is 803 g/mol. The molecule has 0 unspecified atom stereocenters. The summed E-state index contributed by atoms with van der Waals surface area (Å²) in [6.07, 6.45) is 5.91. The van der Waals surface area contributed by atoms with Crippen molar-refractivity contribution in [1.82, 2.24) is 30.4 Å². The molecule has 4 aliphatic heterocycles. The second-order valence-corrected chi connectivity index (χ2v) is 17.7. The molecule has 15 heteroatoms. The third-order valence-electron chi connectivity index (χ3n) is 13.6. The second-order valence-electron chi connectivity index (χ2n) is 17.7. The van der Waals surface area contributed by atoms with Crippen LogP contribution in [0.2, 0.25) is 0 Å². The number of H-pyrrole nitrogens is 1. The number of benzene rings is 3. The standard InChI is InChI=1S/C48H55N7O8/c1-26(2)41(52-46(58)61-5)44(56)54-19-7-9-37(54)35-23-31-21-28(12-15-34(31)50-35)29-11-14-32-40(24-29)63-39-16-13-30(22-33(39)48(32)17-18-48)36-25-49-43(51-36)38-10-8-20-55(38)45(57)42(27(3)60-4)53-47(59)62-6/h11-16,21-22,24-27,37-38,41-42H,7-10,17-20,23H2,1-6H3,(H,49,51)(H,52,58)(H,53,59)/t27-,37+,38+,41+,42+/m1/s1. The molecule has 5 aliphatic rings. The maximum absolute atomic E-state index is 13.8. The number of likely N-dealkylation sites (tertiary alicyclic amines) is 2. The van der Waals surface area contributed by atoms with Gasteiger partial charge in [-0.15, -0.1) is 0 Å². The molecule has 4 amide bonds. The van der Waals surface area contributed by atoms with E-state index in [-0.39, 0.29) is 35.2 Å². The predicted molar refractivity (Wildman–Crippen MR) is 235 cm³/mol. The topological polar surface area (TPSA) is 177 Å². The molecule has 1 aromatic heterocycles. The van der Waals surface area contributed by atoms with Crippen LogP contribution >= 0.6 is 0 Å². The van der Waals surface area contributed by atoms with E-state index < -0.39 is 30.4 Å². The fourth-order valence-corrected chi connectivity index (χ4v) is 9.97. The van der Waals surface area contributed by atoms with Gasteiger partial charge in [0.15, 0.2) is 0 Å². The summed E-state index contributed by atoms with van der Waals surface area (Å²) in [5.74, 6) is 1.95. The average molecular weight is 858 g/mol.